The average Bonchev–Trinajstić information content (AvgIpc) is 2.53. The zero-order chi connectivity index (χ0) is 14.8. The SMILES string of the molecule is O=Cc1ccc2ncnc(N3CCCC(C(=O)O)C3)c2c1. The molecule has 1 aromatic heterocycles. The molecule has 1 aliphatic rings. The molecule has 1 saturated heterocycles. The Morgan fingerprint density at radius 3 is 3.00 bits per heavy atom. The van der Waals surface area contributed by atoms with Gasteiger partial charge in [0.1, 0.15) is 18.4 Å². The van der Waals surface area contributed by atoms with E-state index >= 15 is 0 Å². The van der Waals surface area contributed by atoms with Gasteiger partial charge in [0.25, 0.3) is 0 Å². The van der Waals surface area contributed by atoms with Crippen LogP contribution in [-0.2, 0) is 4.79 Å². The largest absolute Gasteiger partial charge is 0.481 e. The second-order valence-corrected chi connectivity index (χ2v) is 5.22. The highest BCUT2D eigenvalue weighted by molar-refractivity contribution is 5.93. The van der Waals surface area contributed by atoms with Crippen LogP contribution in [-0.4, -0.2) is 40.4 Å². The number of carbonyl (C=O) groups is 2. The number of piperidine rings is 1. The Hall–Kier alpha value is -2.50. The van der Waals surface area contributed by atoms with E-state index < -0.39 is 5.97 Å². The molecule has 3 rings (SSSR count). The lowest BCUT2D eigenvalue weighted by Gasteiger charge is -2.32. The summed E-state index contributed by atoms with van der Waals surface area (Å²) in [5.41, 5.74) is 1.31. The molecular formula is C15H15N3O3. The fourth-order valence-corrected chi connectivity index (χ4v) is 2.76. The maximum absolute atomic E-state index is 11.2. The number of hydrogen-bond donors (Lipinski definition) is 1. The normalized spacial score (nSPS) is 18.7. The summed E-state index contributed by atoms with van der Waals surface area (Å²) in [6.07, 6.45) is 3.76. The summed E-state index contributed by atoms with van der Waals surface area (Å²) < 4.78 is 0. The van der Waals surface area contributed by atoms with Gasteiger partial charge in [-0.15, -0.1) is 0 Å². The topological polar surface area (TPSA) is 83.4 Å². The van der Waals surface area contributed by atoms with Crippen molar-refractivity contribution in [3.05, 3.63) is 30.1 Å². The van der Waals surface area contributed by atoms with E-state index in [-0.39, 0.29) is 5.92 Å². The van der Waals surface area contributed by atoms with E-state index in [9.17, 15) is 14.7 Å². The molecule has 0 amide bonds. The van der Waals surface area contributed by atoms with Crippen LogP contribution in [0.4, 0.5) is 5.82 Å². The van der Waals surface area contributed by atoms with Crippen LogP contribution in [0.5, 0.6) is 0 Å². The third-order valence-electron chi connectivity index (χ3n) is 3.84. The maximum Gasteiger partial charge on any atom is 0.308 e. The number of carboxylic acids is 1. The lowest BCUT2D eigenvalue weighted by molar-refractivity contribution is -0.141. The summed E-state index contributed by atoms with van der Waals surface area (Å²) in [7, 11) is 0. The number of carbonyl (C=O) groups excluding carboxylic acids is 1. The first-order valence-electron chi connectivity index (χ1n) is 6.86. The fraction of sp³-hybridized carbons (Fsp3) is 0.333. The van der Waals surface area contributed by atoms with Gasteiger partial charge < -0.3 is 10.0 Å². The van der Waals surface area contributed by atoms with Crippen molar-refractivity contribution in [1.82, 2.24) is 9.97 Å². The molecule has 1 atom stereocenters. The van der Waals surface area contributed by atoms with Gasteiger partial charge in [0, 0.05) is 24.0 Å². The molecule has 2 aromatic rings. The van der Waals surface area contributed by atoms with E-state index in [0.29, 0.717) is 24.3 Å². The predicted octanol–water partition coefficient (Wildman–Crippen LogP) is 1.74. The highest BCUT2D eigenvalue weighted by Gasteiger charge is 2.27. The Labute approximate surface area is 121 Å². The van der Waals surface area contributed by atoms with E-state index in [0.717, 1.165) is 30.2 Å². The van der Waals surface area contributed by atoms with Crippen molar-refractivity contribution >= 4 is 29.0 Å². The zero-order valence-corrected chi connectivity index (χ0v) is 11.4. The predicted molar refractivity (Wildman–Crippen MR) is 77.5 cm³/mol. The third-order valence-corrected chi connectivity index (χ3v) is 3.84. The lowest BCUT2D eigenvalue weighted by Crippen LogP contribution is -2.39. The molecule has 21 heavy (non-hydrogen) atoms. The smallest absolute Gasteiger partial charge is 0.308 e. The zero-order valence-electron chi connectivity index (χ0n) is 11.4. The molecule has 1 aliphatic heterocycles. The van der Waals surface area contributed by atoms with Gasteiger partial charge in [0.2, 0.25) is 0 Å². The van der Waals surface area contributed by atoms with E-state index in [2.05, 4.69) is 9.97 Å². The standard InChI is InChI=1S/C15H15N3O3/c19-8-10-3-4-13-12(6-10)14(17-9-16-13)18-5-1-2-11(7-18)15(20)21/h3-4,6,8-9,11H,1-2,5,7H2,(H,20,21). The summed E-state index contributed by atoms with van der Waals surface area (Å²) in [6, 6.07) is 5.24. The molecule has 0 spiro atoms. The third kappa shape index (κ3) is 2.56. The second-order valence-electron chi connectivity index (χ2n) is 5.22. The van der Waals surface area contributed by atoms with Gasteiger partial charge in [0.15, 0.2) is 0 Å². The highest BCUT2D eigenvalue weighted by atomic mass is 16.4. The molecule has 108 valence electrons. The van der Waals surface area contributed by atoms with Crippen molar-refractivity contribution in [2.75, 3.05) is 18.0 Å². The van der Waals surface area contributed by atoms with Gasteiger partial charge in [-0.3, -0.25) is 9.59 Å². The van der Waals surface area contributed by atoms with Crippen molar-refractivity contribution < 1.29 is 14.7 Å². The molecule has 0 bridgehead atoms. The first-order valence-corrected chi connectivity index (χ1v) is 6.86. The summed E-state index contributed by atoms with van der Waals surface area (Å²) in [4.78, 5) is 32.6. The summed E-state index contributed by atoms with van der Waals surface area (Å²) in [5, 5.41) is 9.98. The quantitative estimate of drug-likeness (QED) is 0.865. The van der Waals surface area contributed by atoms with Crippen LogP contribution in [0.2, 0.25) is 0 Å². The van der Waals surface area contributed by atoms with E-state index in [1.54, 1.807) is 18.2 Å². The summed E-state index contributed by atoms with van der Waals surface area (Å²) in [5.74, 6) is -0.445. The minimum atomic E-state index is -0.772. The van der Waals surface area contributed by atoms with Gasteiger partial charge >= 0.3 is 5.97 Å². The molecule has 1 N–H and O–H groups in total. The van der Waals surface area contributed by atoms with Crippen LogP contribution >= 0.6 is 0 Å². The summed E-state index contributed by atoms with van der Waals surface area (Å²) >= 11 is 0. The minimum Gasteiger partial charge on any atom is -0.481 e. The van der Waals surface area contributed by atoms with Crippen LogP contribution in [0.3, 0.4) is 0 Å². The monoisotopic (exact) mass is 285 g/mol. The number of benzene rings is 1. The Bertz CT molecular complexity index is 702. The van der Waals surface area contributed by atoms with Gasteiger partial charge in [-0.05, 0) is 31.0 Å². The number of rotatable bonds is 3. The van der Waals surface area contributed by atoms with Crippen LogP contribution in [0.25, 0.3) is 10.9 Å². The number of aldehydes is 1. The van der Waals surface area contributed by atoms with Crippen LogP contribution < -0.4 is 4.90 Å². The number of carboxylic acid groups (broad SMARTS) is 1. The Morgan fingerprint density at radius 2 is 2.24 bits per heavy atom. The van der Waals surface area contributed by atoms with E-state index in [4.69, 9.17) is 0 Å². The highest BCUT2D eigenvalue weighted by Crippen LogP contribution is 2.28. The first-order chi connectivity index (χ1) is 10.2. The molecule has 0 radical (unpaired) electrons. The number of nitrogens with zero attached hydrogens (tertiary/aromatic N) is 3. The molecule has 1 unspecified atom stereocenters. The molecule has 1 aromatic carbocycles. The van der Waals surface area contributed by atoms with Gasteiger partial charge in [0.05, 0.1) is 11.4 Å². The molecule has 6 heteroatoms. The number of fused-ring (bicyclic) bond motifs is 1. The minimum absolute atomic E-state index is 0.377. The molecule has 0 saturated carbocycles. The van der Waals surface area contributed by atoms with Crippen molar-refractivity contribution in [3.8, 4) is 0 Å². The second kappa shape index (κ2) is 5.47. The van der Waals surface area contributed by atoms with Gasteiger partial charge in [-0.2, -0.15) is 0 Å². The molecule has 1 fully saturated rings. The van der Waals surface area contributed by atoms with Crippen molar-refractivity contribution in [2.24, 2.45) is 5.92 Å². The van der Waals surface area contributed by atoms with E-state index in [1.807, 2.05) is 4.90 Å². The number of anilines is 1. The average molecular weight is 285 g/mol. The van der Waals surface area contributed by atoms with Gasteiger partial charge in [-0.25, -0.2) is 9.97 Å². The molecule has 0 aliphatic carbocycles. The van der Waals surface area contributed by atoms with Crippen LogP contribution in [0, 0.1) is 5.92 Å². The van der Waals surface area contributed by atoms with Crippen molar-refractivity contribution in [1.29, 1.82) is 0 Å². The Balaban J connectivity index is 2.02. The number of aliphatic carboxylic acids is 1. The molecular weight excluding hydrogens is 270 g/mol. The Kier molecular flexibility index (Phi) is 3.51. The van der Waals surface area contributed by atoms with Crippen molar-refractivity contribution in [3.63, 3.8) is 0 Å². The fourth-order valence-electron chi connectivity index (χ4n) is 2.76. The van der Waals surface area contributed by atoms with Gasteiger partial charge in [-0.1, -0.05) is 0 Å². The van der Waals surface area contributed by atoms with Crippen molar-refractivity contribution in [2.45, 2.75) is 12.8 Å². The molecule has 2 heterocycles. The first kappa shape index (κ1) is 13.5. The van der Waals surface area contributed by atoms with E-state index in [1.165, 1.54) is 6.33 Å². The maximum atomic E-state index is 11.2. The number of aromatic nitrogens is 2. The van der Waals surface area contributed by atoms with Crippen LogP contribution in [0.15, 0.2) is 24.5 Å². The Morgan fingerprint density at radius 1 is 1.38 bits per heavy atom. The molecule has 6 nitrogen and oxygen atoms in total. The van der Waals surface area contributed by atoms with Crippen LogP contribution in [0.1, 0.15) is 23.2 Å². The summed E-state index contributed by atoms with van der Waals surface area (Å²) in [6.45, 7) is 1.20. The lowest BCUT2D eigenvalue weighted by atomic mass is 9.98. The number of hydrogen-bond acceptors (Lipinski definition) is 5.